The van der Waals surface area contributed by atoms with Crippen LogP contribution < -0.4 is 10.2 Å². The molecule has 16 heavy (non-hydrogen) atoms. The molecule has 0 fully saturated rings. The molecule has 1 unspecified atom stereocenters. The largest absolute Gasteiger partial charge is 0.423 e. The minimum absolute atomic E-state index is 0.273. The fraction of sp³-hybridized carbons (Fsp3) is 0.273. The van der Waals surface area contributed by atoms with E-state index in [2.05, 4.69) is 5.48 Å². The first-order chi connectivity index (χ1) is 7.59. The van der Waals surface area contributed by atoms with Gasteiger partial charge in [-0.05, 0) is 19.1 Å². The molecule has 0 aliphatic carbocycles. The Hall–Kier alpha value is -1.72. The Kier molecular flexibility index (Phi) is 2.49. The van der Waals surface area contributed by atoms with Gasteiger partial charge in [-0.3, -0.25) is 9.63 Å². The van der Waals surface area contributed by atoms with Crippen molar-refractivity contribution in [2.24, 2.45) is 0 Å². The summed E-state index contributed by atoms with van der Waals surface area (Å²) in [7, 11) is 1.48. The summed E-state index contributed by atoms with van der Waals surface area (Å²) in [5, 5.41) is 0. The van der Waals surface area contributed by atoms with E-state index >= 15 is 0 Å². The third-order valence-corrected chi connectivity index (χ3v) is 2.46. The summed E-state index contributed by atoms with van der Waals surface area (Å²) in [5.41, 5.74) is 1.07. The summed E-state index contributed by atoms with van der Waals surface area (Å²) in [4.78, 5) is 28.7. The maximum Gasteiger partial charge on any atom is 0.353 e. The van der Waals surface area contributed by atoms with E-state index in [0.29, 0.717) is 5.56 Å². The van der Waals surface area contributed by atoms with Gasteiger partial charge in [0, 0.05) is 7.05 Å². The van der Waals surface area contributed by atoms with Crippen LogP contribution in [0.2, 0.25) is 0 Å². The monoisotopic (exact) mass is 221 g/mol. The van der Waals surface area contributed by atoms with Crippen molar-refractivity contribution in [1.29, 1.82) is 0 Å². The highest BCUT2D eigenvalue weighted by Gasteiger charge is 2.49. The number of fused-ring (bicyclic) bond motifs is 1. The first-order valence-corrected chi connectivity index (χ1v) is 4.80. The molecule has 1 heterocycles. The number of hydrogen-bond donors (Lipinski definition) is 1. The molecule has 1 aromatic carbocycles. The smallest absolute Gasteiger partial charge is 0.353 e. The van der Waals surface area contributed by atoms with Gasteiger partial charge < -0.3 is 4.74 Å². The van der Waals surface area contributed by atoms with Gasteiger partial charge in [0.1, 0.15) is 5.75 Å². The molecule has 0 spiro atoms. The lowest BCUT2D eigenvalue weighted by Gasteiger charge is -2.29. The maximum absolute atomic E-state index is 12.1. The van der Waals surface area contributed by atoms with E-state index in [9.17, 15) is 9.59 Å². The van der Waals surface area contributed by atoms with Gasteiger partial charge in [0.15, 0.2) is 0 Å². The van der Waals surface area contributed by atoms with E-state index in [1.165, 1.54) is 14.0 Å². The van der Waals surface area contributed by atoms with Crippen molar-refractivity contribution in [2.45, 2.75) is 12.5 Å². The number of nitrogens with one attached hydrogen (secondary N) is 1. The molecule has 1 aliphatic heterocycles. The van der Waals surface area contributed by atoms with Crippen molar-refractivity contribution < 1.29 is 19.2 Å². The van der Waals surface area contributed by atoms with Gasteiger partial charge in [-0.25, -0.2) is 10.3 Å². The van der Waals surface area contributed by atoms with E-state index in [4.69, 9.17) is 9.57 Å². The average Bonchev–Trinajstić information content (AvgIpc) is 2.27. The Labute approximate surface area is 92.3 Å². The molecule has 1 N–H and O–H groups in total. The number of carbonyl (C=O) groups excluding carboxylic acids is 2. The minimum atomic E-state index is -1.62. The van der Waals surface area contributed by atoms with Gasteiger partial charge in [0.25, 0.3) is 0 Å². The lowest BCUT2D eigenvalue weighted by atomic mass is 9.92. The van der Waals surface area contributed by atoms with E-state index < -0.39 is 17.4 Å². The van der Waals surface area contributed by atoms with E-state index in [1.54, 1.807) is 24.3 Å². The number of carbonyl (C=O) groups is 2. The van der Waals surface area contributed by atoms with E-state index in [1.807, 2.05) is 0 Å². The lowest BCUT2D eigenvalue weighted by molar-refractivity contribution is -0.162. The fourth-order valence-corrected chi connectivity index (χ4v) is 1.58. The highest BCUT2D eigenvalue weighted by atomic mass is 16.7. The van der Waals surface area contributed by atoms with Crippen molar-refractivity contribution in [3.63, 3.8) is 0 Å². The molecule has 0 saturated heterocycles. The van der Waals surface area contributed by atoms with Crippen LogP contribution in [0.15, 0.2) is 24.3 Å². The third kappa shape index (κ3) is 1.41. The molecular formula is C11H11NO4. The third-order valence-electron chi connectivity index (χ3n) is 2.46. The van der Waals surface area contributed by atoms with Gasteiger partial charge in [-0.15, -0.1) is 0 Å². The summed E-state index contributed by atoms with van der Waals surface area (Å²) in [6.07, 6.45) is 0. The molecule has 84 valence electrons. The molecule has 1 aliphatic rings. The van der Waals surface area contributed by atoms with Crippen molar-refractivity contribution in [3.05, 3.63) is 29.8 Å². The maximum atomic E-state index is 12.1. The number of para-hydroxylation sites is 1. The second-order valence-electron chi connectivity index (χ2n) is 3.55. The molecule has 0 saturated carbocycles. The summed E-state index contributed by atoms with van der Waals surface area (Å²) in [5.74, 6) is -0.853. The molecule has 2 rings (SSSR count). The molecule has 1 aromatic rings. The Balaban J connectivity index is 2.49. The van der Waals surface area contributed by atoms with Crippen LogP contribution in [0.25, 0.3) is 0 Å². The molecular weight excluding hydrogens is 210 g/mol. The number of benzene rings is 1. The zero-order valence-corrected chi connectivity index (χ0v) is 8.94. The molecule has 0 radical (unpaired) electrons. The first kappa shape index (κ1) is 10.8. The topological polar surface area (TPSA) is 64.6 Å². The number of ether oxygens (including phenoxy) is 1. The number of hydrogen-bond acceptors (Lipinski definition) is 5. The minimum Gasteiger partial charge on any atom is -0.423 e. The van der Waals surface area contributed by atoms with Crippen LogP contribution in [0.4, 0.5) is 0 Å². The van der Waals surface area contributed by atoms with Gasteiger partial charge in [-0.1, -0.05) is 12.1 Å². The lowest BCUT2D eigenvalue weighted by Crippen LogP contribution is -2.53. The van der Waals surface area contributed by atoms with Crippen molar-refractivity contribution in [2.75, 3.05) is 7.05 Å². The zero-order valence-electron chi connectivity index (χ0n) is 8.94. The van der Waals surface area contributed by atoms with Gasteiger partial charge >= 0.3 is 5.97 Å². The fourth-order valence-electron chi connectivity index (χ4n) is 1.58. The van der Waals surface area contributed by atoms with E-state index in [0.717, 1.165) is 0 Å². The molecule has 0 amide bonds. The second kappa shape index (κ2) is 3.70. The van der Waals surface area contributed by atoms with Gasteiger partial charge in [-0.2, -0.15) is 0 Å². The Morgan fingerprint density at radius 3 is 2.69 bits per heavy atom. The summed E-state index contributed by atoms with van der Waals surface area (Å²) in [6, 6.07) is 6.57. The highest BCUT2D eigenvalue weighted by molar-refractivity contribution is 6.19. The summed E-state index contributed by atoms with van der Waals surface area (Å²) >= 11 is 0. The van der Waals surface area contributed by atoms with Crippen molar-refractivity contribution in [1.82, 2.24) is 5.48 Å². The first-order valence-electron chi connectivity index (χ1n) is 4.80. The van der Waals surface area contributed by atoms with Gasteiger partial charge in [0.05, 0.1) is 5.56 Å². The van der Waals surface area contributed by atoms with E-state index in [-0.39, 0.29) is 5.75 Å². The molecule has 0 aromatic heterocycles. The van der Waals surface area contributed by atoms with Crippen molar-refractivity contribution in [3.8, 4) is 5.75 Å². The number of esters is 1. The van der Waals surface area contributed by atoms with Crippen molar-refractivity contribution >= 4 is 11.8 Å². The normalized spacial score (nSPS) is 23.9. The Bertz CT molecular complexity index is 457. The molecule has 5 heteroatoms. The Morgan fingerprint density at radius 2 is 2.00 bits per heavy atom. The van der Waals surface area contributed by atoms with Crippen LogP contribution >= 0.6 is 0 Å². The SMILES string of the molecule is CNOC1(C)C(=O)Oc2ccccc2C1=O. The summed E-state index contributed by atoms with van der Waals surface area (Å²) in [6.45, 7) is 1.38. The van der Waals surface area contributed by atoms with Crippen LogP contribution in [0, 0.1) is 0 Å². The quantitative estimate of drug-likeness (QED) is 0.344. The van der Waals surface area contributed by atoms with Crippen LogP contribution in [0.5, 0.6) is 5.75 Å². The van der Waals surface area contributed by atoms with Crippen LogP contribution in [-0.4, -0.2) is 24.4 Å². The predicted octanol–water partition coefficient (Wildman–Crippen LogP) is 0.698. The van der Waals surface area contributed by atoms with Gasteiger partial charge in [0.2, 0.25) is 11.4 Å². The standard InChI is InChI=1S/C11H11NO4/c1-11(16-12-2)9(13)7-5-3-4-6-8(7)15-10(11)14/h3-6,12H,1-2H3. The van der Waals surface area contributed by atoms with Crippen LogP contribution in [0.1, 0.15) is 17.3 Å². The average molecular weight is 221 g/mol. The Morgan fingerprint density at radius 1 is 1.31 bits per heavy atom. The summed E-state index contributed by atoms with van der Waals surface area (Å²) < 4.78 is 5.05. The number of rotatable bonds is 2. The molecule has 5 nitrogen and oxygen atoms in total. The number of ketones is 1. The molecule has 0 bridgehead atoms. The zero-order chi connectivity index (χ0) is 11.8. The number of hydroxylamine groups is 1. The highest BCUT2D eigenvalue weighted by Crippen LogP contribution is 2.31. The number of Topliss-reactive ketones (excluding diaryl/α,β-unsaturated/α-hetero) is 1. The van der Waals surface area contributed by atoms with Crippen LogP contribution in [-0.2, 0) is 9.63 Å². The predicted molar refractivity (Wildman–Crippen MR) is 55.0 cm³/mol. The second-order valence-corrected chi connectivity index (χ2v) is 3.55. The van der Waals surface area contributed by atoms with Crippen LogP contribution in [0.3, 0.4) is 0 Å². The molecule has 1 atom stereocenters.